The fourth-order valence-corrected chi connectivity index (χ4v) is 3.49. The van der Waals surface area contributed by atoms with Crippen molar-refractivity contribution in [2.75, 3.05) is 19.4 Å². The van der Waals surface area contributed by atoms with Crippen LogP contribution in [0.25, 0.3) is 6.08 Å². The Morgan fingerprint density at radius 3 is 2.34 bits per heavy atom. The second kappa shape index (κ2) is 8.38. The summed E-state index contributed by atoms with van der Waals surface area (Å²) in [5.41, 5.74) is 1.07. The van der Waals surface area contributed by atoms with Gasteiger partial charge in [0.2, 0.25) is 15.9 Å². The summed E-state index contributed by atoms with van der Waals surface area (Å²) in [6.45, 7) is 3.45. The molecule has 0 heterocycles. The summed E-state index contributed by atoms with van der Waals surface area (Å²) in [5, 5.41) is 2.59. The number of anilines is 1. The molecular weight excluding hydrogens is 405 g/mol. The first-order valence-corrected chi connectivity index (χ1v) is 9.96. The van der Waals surface area contributed by atoms with Crippen LogP contribution in [-0.4, -0.2) is 32.7 Å². The van der Waals surface area contributed by atoms with Crippen LogP contribution in [-0.2, 0) is 21.0 Å². The first kappa shape index (κ1) is 22.6. The van der Waals surface area contributed by atoms with Gasteiger partial charge in [-0.1, -0.05) is 12.1 Å². The largest absolute Gasteiger partial charge is 0.416 e. The number of benzene rings is 2. The molecule has 0 bridgehead atoms. The van der Waals surface area contributed by atoms with Gasteiger partial charge in [0.05, 0.1) is 10.5 Å². The van der Waals surface area contributed by atoms with Crippen LogP contribution in [0.2, 0.25) is 0 Å². The smallest absolute Gasteiger partial charge is 0.322 e. The first-order valence-electron chi connectivity index (χ1n) is 8.52. The molecule has 0 saturated carbocycles. The third kappa shape index (κ3) is 5.45. The molecule has 0 atom stereocenters. The summed E-state index contributed by atoms with van der Waals surface area (Å²) in [6.07, 6.45) is -2.12. The van der Waals surface area contributed by atoms with E-state index in [1.54, 1.807) is 13.8 Å². The normalized spacial score (nSPS) is 12.6. The van der Waals surface area contributed by atoms with Gasteiger partial charge in [-0.2, -0.15) is 13.2 Å². The van der Waals surface area contributed by atoms with Crippen LogP contribution in [0.4, 0.5) is 18.9 Å². The number of sulfonamides is 1. The Morgan fingerprint density at radius 1 is 1.10 bits per heavy atom. The zero-order valence-electron chi connectivity index (χ0n) is 16.3. The lowest BCUT2D eigenvalue weighted by atomic mass is 10.1. The predicted molar refractivity (Wildman–Crippen MR) is 106 cm³/mol. The molecule has 0 aromatic heterocycles. The molecule has 156 valence electrons. The minimum atomic E-state index is -4.47. The van der Waals surface area contributed by atoms with Crippen LogP contribution in [0.15, 0.2) is 47.4 Å². The minimum Gasteiger partial charge on any atom is -0.322 e. The number of carbonyl (C=O) groups excluding carboxylic acids is 1. The Kier molecular flexibility index (Phi) is 6.54. The summed E-state index contributed by atoms with van der Waals surface area (Å²) >= 11 is 0. The lowest BCUT2D eigenvalue weighted by Gasteiger charge is -2.16. The van der Waals surface area contributed by atoms with Crippen LogP contribution in [0.3, 0.4) is 0 Å². The van der Waals surface area contributed by atoms with Crippen LogP contribution in [0, 0.1) is 13.8 Å². The molecule has 2 aromatic carbocycles. The standard InChI is InChI=1S/C20H21F3N2O3S/c1-13-10-17(29(27,28)25(3)4)12-18(14(13)2)24-19(26)9-8-15-6-5-7-16(11-15)20(21,22)23/h5-12H,1-4H3,(H,24,26)/b9-8+. The number of aryl methyl sites for hydroxylation is 1. The zero-order chi connectivity index (χ0) is 22.0. The van der Waals surface area contributed by atoms with Crippen molar-refractivity contribution in [1.82, 2.24) is 4.31 Å². The van der Waals surface area contributed by atoms with Crippen molar-refractivity contribution in [2.45, 2.75) is 24.9 Å². The minimum absolute atomic E-state index is 0.0303. The topological polar surface area (TPSA) is 66.5 Å². The number of nitrogens with zero attached hydrogens (tertiary/aromatic N) is 1. The molecule has 9 heteroatoms. The number of nitrogens with one attached hydrogen (secondary N) is 1. The SMILES string of the molecule is Cc1cc(S(=O)(=O)N(C)C)cc(NC(=O)/C=C/c2cccc(C(F)(F)F)c2)c1C. The van der Waals surface area contributed by atoms with Gasteiger partial charge in [0.15, 0.2) is 0 Å². The van der Waals surface area contributed by atoms with Gasteiger partial charge >= 0.3 is 6.18 Å². The van der Waals surface area contributed by atoms with E-state index in [9.17, 15) is 26.4 Å². The van der Waals surface area contributed by atoms with Gasteiger partial charge in [-0.05, 0) is 60.9 Å². The van der Waals surface area contributed by atoms with Crippen LogP contribution in [0.1, 0.15) is 22.3 Å². The van der Waals surface area contributed by atoms with E-state index in [2.05, 4.69) is 5.32 Å². The van der Waals surface area contributed by atoms with E-state index in [-0.39, 0.29) is 10.5 Å². The molecule has 2 rings (SSSR count). The van der Waals surface area contributed by atoms with E-state index in [1.807, 2.05) is 0 Å². The van der Waals surface area contributed by atoms with Crippen LogP contribution < -0.4 is 5.32 Å². The predicted octanol–water partition coefficient (Wildman–Crippen LogP) is 4.22. The van der Waals surface area contributed by atoms with E-state index in [0.717, 1.165) is 22.5 Å². The number of carbonyl (C=O) groups is 1. The van der Waals surface area contributed by atoms with Crippen molar-refractivity contribution in [2.24, 2.45) is 0 Å². The zero-order valence-corrected chi connectivity index (χ0v) is 17.1. The highest BCUT2D eigenvalue weighted by molar-refractivity contribution is 7.89. The summed E-state index contributed by atoms with van der Waals surface area (Å²) in [4.78, 5) is 12.3. The molecule has 2 aromatic rings. The third-order valence-electron chi connectivity index (χ3n) is 4.32. The maximum Gasteiger partial charge on any atom is 0.416 e. The van der Waals surface area contributed by atoms with Crippen LogP contribution in [0.5, 0.6) is 0 Å². The van der Waals surface area contributed by atoms with E-state index in [0.29, 0.717) is 16.8 Å². The van der Waals surface area contributed by atoms with Crippen molar-refractivity contribution in [3.8, 4) is 0 Å². The van der Waals surface area contributed by atoms with Gasteiger partial charge < -0.3 is 5.32 Å². The van der Waals surface area contributed by atoms with E-state index >= 15 is 0 Å². The molecule has 1 amide bonds. The molecule has 29 heavy (non-hydrogen) atoms. The third-order valence-corrected chi connectivity index (χ3v) is 6.11. The Bertz CT molecular complexity index is 1060. The molecule has 1 N–H and O–H groups in total. The summed E-state index contributed by atoms with van der Waals surface area (Å²) in [7, 11) is -0.884. The van der Waals surface area contributed by atoms with Gasteiger partial charge in [0.1, 0.15) is 0 Å². The summed E-state index contributed by atoms with van der Waals surface area (Å²) in [5.74, 6) is -0.593. The van der Waals surface area contributed by atoms with Gasteiger partial charge in [-0.15, -0.1) is 0 Å². The second-order valence-corrected chi connectivity index (χ2v) is 8.80. The van der Waals surface area contributed by atoms with E-state index in [1.165, 1.54) is 44.4 Å². The lowest BCUT2D eigenvalue weighted by Crippen LogP contribution is -2.22. The van der Waals surface area contributed by atoms with Gasteiger partial charge in [-0.25, -0.2) is 12.7 Å². The molecule has 0 fully saturated rings. The van der Waals surface area contributed by atoms with Crippen molar-refractivity contribution < 1.29 is 26.4 Å². The maximum atomic E-state index is 12.8. The maximum absolute atomic E-state index is 12.8. The van der Waals surface area contributed by atoms with Gasteiger partial charge in [-0.3, -0.25) is 4.79 Å². The molecule has 0 aliphatic heterocycles. The van der Waals surface area contributed by atoms with Crippen molar-refractivity contribution >= 4 is 27.7 Å². The highest BCUT2D eigenvalue weighted by atomic mass is 32.2. The number of amides is 1. The average Bonchev–Trinajstić information content (AvgIpc) is 2.63. The Morgan fingerprint density at radius 2 is 1.76 bits per heavy atom. The molecule has 0 radical (unpaired) electrons. The lowest BCUT2D eigenvalue weighted by molar-refractivity contribution is -0.137. The second-order valence-electron chi connectivity index (χ2n) is 6.65. The number of hydrogen-bond acceptors (Lipinski definition) is 3. The fraction of sp³-hybridized carbons (Fsp3) is 0.250. The Labute approximate surface area is 167 Å². The van der Waals surface area contributed by atoms with Crippen molar-refractivity contribution in [1.29, 1.82) is 0 Å². The molecule has 0 spiro atoms. The summed E-state index contributed by atoms with van der Waals surface area (Å²) < 4.78 is 64.1. The number of alkyl halides is 3. The van der Waals surface area contributed by atoms with Crippen molar-refractivity contribution in [3.63, 3.8) is 0 Å². The molecule has 0 unspecified atom stereocenters. The average molecular weight is 426 g/mol. The molecule has 0 aliphatic rings. The van der Waals surface area contributed by atoms with E-state index in [4.69, 9.17) is 0 Å². The number of rotatable bonds is 5. The van der Waals surface area contributed by atoms with Gasteiger partial charge in [0, 0.05) is 25.9 Å². The molecular formula is C20H21F3N2O3S. The summed E-state index contributed by atoms with van der Waals surface area (Å²) in [6, 6.07) is 7.44. The Balaban J connectivity index is 2.27. The highest BCUT2D eigenvalue weighted by Gasteiger charge is 2.30. The number of hydrogen-bond donors (Lipinski definition) is 1. The Hall–Kier alpha value is -2.65. The number of halogens is 3. The molecule has 0 aliphatic carbocycles. The molecule has 0 saturated heterocycles. The quantitative estimate of drug-likeness (QED) is 0.728. The highest BCUT2D eigenvalue weighted by Crippen LogP contribution is 2.30. The fourth-order valence-electron chi connectivity index (χ4n) is 2.48. The van der Waals surface area contributed by atoms with Crippen LogP contribution >= 0.6 is 0 Å². The monoisotopic (exact) mass is 426 g/mol. The first-order chi connectivity index (χ1) is 13.3. The van der Waals surface area contributed by atoms with Crippen molar-refractivity contribution in [3.05, 3.63) is 64.7 Å². The molecule has 5 nitrogen and oxygen atoms in total. The van der Waals surface area contributed by atoms with E-state index < -0.39 is 27.7 Å². The van der Waals surface area contributed by atoms with Gasteiger partial charge in [0.25, 0.3) is 0 Å².